The zero-order valence-corrected chi connectivity index (χ0v) is 19.2. The molecule has 11 heteroatoms. The largest absolute Gasteiger partial charge is 0.455 e. The Kier molecular flexibility index (Phi) is 6.58. The lowest BCUT2D eigenvalue weighted by atomic mass is 9.93. The van der Waals surface area contributed by atoms with Gasteiger partial charge in [0, 0.05) is 37.2 Å². The first-order chi connectivity index (χ1) is 16.8. The molecular weight excluding hydrogens is 454 g/mol. The number of aryl methyl sites for hydroxylation is 1. The Hall–Kier alpha value is -4.54. The fourth-order valence-electron chi connectivity index (χ4n) is 4.09. The lowest BCUT2D eigenvalue weighted by Gasteiger charge is -2.16. The van der Waals surface area contributed by atoms with E-state index >= 15 is 0 Å². The van der Waals surface area contributed by atoms with E-state index in [9.17, 15) is 25.0 Å². The molecule has 180 valence electrons. The zero-order valence-electron chi connectivity index (χ0n) is 19.2. The first kappa shape index (κ1) is 23.6. The highest BCUT2D eigenvalue weighted by molar-refractivity contribution is 6.06. The number of nitro groups is 2. The molecule has 11 nitrogen and oxygen atoms in total. The van der Waals surface area contributed by atoms with E-state index in [1.807, 2.05) is 30.3 Å². The molecule has 35 heavy (non-hydrogen) atoms. The summed E-state index contributed by atoms with van der Waals surface area (Å²) in [4.78, 5) is 35.7. The van der Waals surface area contributed by atoms with Crippen LogP contribution >= 0.6 is 0 Å². The van der Waals surface area contributed by atoms with Crippen LogP contribution in [0.1, 0.15) is 45.8 Å². The van der Waals surface area contributed by atoms with Crippen LogP contribution in [-0.4, -0.2) is 33.4 Å². The van der Waals surface area contributed by atoms with Gasteiger partial charge in [0.05, 0.1) is 21.6 Å². The summed E-state index contributed by atoms with van der Waals surface area (Å²) in [7, 11) is 1.71. The highest BCUT2D eigenvalue weighted by Gasteiger charge is 2.29. The van der Waals surface area contributed by atoms with E-state index in [0.29, 0.717) is 42.0 Å². The van der Waals surface area contributed by atoms with Crippen LogP contribution in [0.3, 0.4) is 0 Å². The van der Waals surface area contributed by atoms with E-state index in [2.05, 4.69) is 10.5 Å². The number of hydrogen-bond acceptors (Lipinski definition) is 8. The van der Waals surface area contributed by atoms with Gasteiger partial charge in [0.1, 0.15) is 11.4 Å². The average Bonchev–Trinajstić information content (AvgIpc) is 3.19. The van der Waals surface area contributed by atoms with Crippen molar-refractivity contribution in [3.05, 3.63) is 97.0 Å². The second kappa shape index (κ2) is 9.75. The normalized spacial score (nSPS) is 13.8. The van der Waals surface area contributed by atoms with Gasteiger partial charge in [-0.3, -0.25) is 30.4 Å². The number of fused-ring (bicyclic) bond motifs is 1. The Morgan fingerprint density at radius 3 is 2.54 bits per heavy atom. The van der Waals surface area contributed by atoms with E-state index < -0.39 is 15.5 Å². The van der Waals surface area contributed by atoms with Crippen molar-refractivity contribution in [1.29, 1.82) is 0 Å². The number of nitrogens with zero attached hydrogens (tertiary/aromatic N) is 4. The SMILES string of the molecule is Cc1c(C(=O)N(C)Cc2ccccc2)oc2c1/C(=N/Nc1ccc([N+](=O)[O-])cc1[N+](=O)[O-])CCC2. The van der Waals surface area contributed by atoms with Crippen molar-refractivity contribution in [2.24, 2.45) is 5.10 Å². The molecule has 0 spiro atoms. The number of nitrogens with one attached hydrogen (secondary N) is 1. The summed E-state index contributed by atoms with van der Waals surface area (Å²) in [5.41, 5.74) is 4.83. The highest BCUT2D eigenvalue weighted by atomic mass is 16.6. The molecule has 0 bridgehead atoms. The minimum Gasteiger partial charge on any atom is -0.455 e. The van der Waals surface area contributed by atoms with Crippen LogP contribution in [0.5, 0.6) is 0 Å². The first-order valence-corrected chi connectivity index (χ1v) is 10.9. The molecule has 1 aromatic heterocycles. The average molecular weight is 477 g/mol. The van der Waals surface area contributed by atoms with E-state index in [1.54, 1.807) is 18.9 Å². The molecule has 1 aliphatic rings. The number of furan rings is 1. The molecule has 1 aliphatic carbocycles. The molecule has 4 rings (SSSR count). The van der Waals surface area contributed by atoms with Crippen molar-refractivity contribution < 1.29 is 19.1 Å². The lowest BCUT2D eigenvalue weighted by Crippen LogP contribution is -2.26. The minimum atomic E-state index is -0.704. The summed E-state index contributed by atoms with van der Waals surface area (Å²) in [6.07, 6.45) is 1.95. The summed E-state index contributed by atoms with van der Waals surface area (Å²) in [5, 5.41) is 26.7. The molecule has 1 amide bonds. The molecule has 1 heterocycles. The Labute approximate surface area is 200 Å². The maximum Gasteiger partial charge on any atom is 0.301 e. The number of benzene rings is 2. The molecule has 1 N–H and O–H groups in total. The Morgan fingerprint density at radius 2 is 1.86 bits per heavy atom. The second-order valence-corrected chi connectivity index (χ2v) is 8.24. The first-order valence-electron chi connectivity index (χ1n) is 10.9. The summed E-state index contributed by atoms with van der Waals surface area (Å²) in [6, 6.07) is 12.9. The number of rotatable bonds is 7. The Bertz CT molecular complexity index is 1330. The fraction of sp³-hybridized carbons (Fsp3) is 0.250. The maximum atomic E-state index is 13.1. The van der Waals surface area contributed by atoms with Gasteiger partial charge in [-0.1, -0.05) is 30.3 Å². The van der Waals surface area contributed by atoms with Gasteiger partial charge in [-0.05, 0) is 31.4 Å². The third-order valence-corrected chi connectivity index (χ3v) is 5.83. The standard InChI is InChI=1S/C24H23N5O6/c1-15-22-19(26-25-18-12-11-17(28(31)32)13-20(18)29(33)34)9-6-10-21(22)35-23(15)24(30)27(2)14-16-7-4-3-5-8-16/h3-5,7-8,11-13,25H,6,9-10,14H2,1-2H3/b26-19+. The van der Waals surface area contributed by atoms with Gasteiger partial charge in [0.2, 0.25) is 0 Å². The molecule has 0 saturated carbocycles. The molecule has 0 atom stereocenters. The van der Waals surface area contributed by atoms with E-state index in [0.717, 1.165) is 18.1 Å². The number of amides is 1. The number of hydrazone groups is 1. The van der Waals surface area contributed by atoms with E-state index in [1.165, 1.54) is 12.1 Å². The van der Waals surface area contributed by atoms with E-state index in [4.69, 9.17) is 4.42 Å². The van der Waals surface area contributed by atoms with Crippen LogP contribution in [0, 0.1) is 27.2 Å². The van der Waals surface area contributed by atoms with Gasteiger partial charge >= 0.3 is 5.69 Å². The minimum absolute atomic E-state index is 0.0280. The van der Waals surface area contributed by atoms with Crippen LogP contribution in [-0.2, 0) is 13.0 Å². The van der Waals surface area contributed by atoms with Crippen molar-refractivity contribution in [1.82, 2.24) is 4.90 Å². The predicted molar refractivity (Wildman–Crippen MR) is 129 cm³/mol. The van der Waals surface area contributed by atoms with Gasteiger partial charge in [0.25, 0.3) is 11.6 Å². The summed E-state index contributed by atoms with van der Waals surface area (Å²) in [5.74, 6) is 0.632. The van der Waals surface area contributed by atoms with Crippen LogP contribution in [0.25, 0.3) is 0 Å². The van der Waals surface area contributed by atoms with E-state index in [-0.39, 0.29) is 23.0 Å². The molecule has 0 fully saturated rings. The molecule has 2 aromatic carbocycles. The third kappa shape index (κ3) is 4.88. The summed E-state index contributed by atoms with van der Waals surface area (Å²) < 4.78 is 5.96. The summed E-state index contributed by atoms with van der Waals surface area (Å²) >= 11 is 0. The highest BCUT2D eigenvalue weighted by Crippen LogP contribution is 2.32. The van der Waals surface area contributed by atoms with Crippen molar-refractivity contribution in [3.63, 3.8) is 0 Å². The molecule has 0 aliphatic heterocycles. The van der Waals surface area contributed by atoms with Crippen molar-refractivity contribution >= 4 is 28.7 Å². The van der Waals surface area contributed by atoms with Crippen LogP contribution in [0.15, 0.2) is 58.0 Å². The molecule has 0 radical (unpaired) electrons. The molecule has 0 unspecified atom stereocenters. The number of hydrogen-bond donors (Lipinski definition) is 1. The number of carbonyl (C=O) groups is 1. The smallest absolute Gasteiger partial charge is 0.301 e. The third-order valence-electron chi connectivity index (χ3n) is 5.83. The molecule has 3 aromatic rings. The van der Waals surface area contributed by atoms with Gasteiger partial charge in [0.15, 0.2) is 5.76 Å². The van der Waals surface area contributed by atoms with Crippen LogP contribution in [0.4, 0.5) is 17.1 Å². The van der Waals surface area contributed by atoms with Gasteiger partial charge in [-0.25, -0.2) is 0 Å². The monoisotopic (exact) mass is 477 g/mol. The lowest BCUT2D eigenvalue weighted by molar-refractivity contribution is -0.393. The second-order valence-electron chi connectivity index (χ2n) is 8.24. The van der Waals surface area contributed by atoms with Crippen molar-refractivity contribution in [3.8, 4) is 0 Å². The number of anilines is 1. The number of carbonyl (C=O) groups excluding carboxylic acids is 1. The Balaban J connectivity index is 1.61. The molecule has 0 saturated heterocycles. The van der Waals surface area contributed by atoms with Crippen molar-refractivity contribution in [2.45, 2.75) is 32.7 Å². The predicted octanol–water partition coefficient (Wildman–Crippen LogP) is 4.83. The quantitative estimate of drug-likeness (QED) is 0.379. The number of nitro benzene ring substituents is 2. The van der Waals surface area contributed by atoms with Gasteiger partial charge in [-0.15, -0.1) is 0 Å². The van der Waals surface area contributed by atoms with Gasteiger partial charge < -0.3 is 9.32 Å². The summed E-state index contributed by atoms with van der Waals surface area (Å²) in [6.45, 7) is 2.22. The topological polar surface area (TPSA) is 144 Å². The zero-order chi connectivity index (χ0) is 25.1. The molecular formula is C24H23N5O6. The number of non-ortho nitro benzene ring substituents is 1. The fourth-order valence-corrected chi connectivity index (χ4v) is 4.09. The van der Waals surface area contributed by atoms with Crippen LogP contribution < -0.4 is 5.43 Å². The maximum absolute atomic E-state index is 13.1. The van der Waals surface area contributed by atoms with Crippen LogP contribution in [0.2, 0.25) is 0 Å². The van der Waals surface area contributed by atoms with Gasteiger partial charge in [-0.2, -0.15) is 5.10 Å². The Morgan fingerprint density at radius 1 is 1.11 bits per heavy atom. The van der Waals surface area contributed by atoms with Crippen molar-refractivity contribution in [2.75, 3.05) is 12.5 Å².